The first kappa shape index (κ1) is 11.9. The van der Waals surface area contributed by atoms with Crippen molar-refractivity contribution in [2.24, 2.45) is 5.73 Å². The summed E-state index contributed by atoms with van der Waals surface area (Å²) >= 11 is 3.82. The van der Waals surface area contributed by atoms with Crippen LogP contribution in [0.15, 0.2) is 35.8 Å². The fourth-order valence-corrected chi connectivity index (χ4v) is 2.96. The lowest BCUT2D eigenvalue weighted by Crippen LogP contribution is -2.01. The highest BCUT2D eigenvalue weighted by molar-refractivity contribution is 14.1. The van der Waals surface area contributed by atoms with E-state index in [-0.39, 0.29) is 0 Å². The monoisotopic (exact) mass is 371 g/mol. The lowest BCUT2D eigenvalue weighted by atomic mass is 10.3. The van der Waals surface area contributed by atoms with E-state index in [2.05, 4.69) is 27.6 Å². The number of aromatic nitrogens is 2. The van der Waals surface area contributed by atoms with E-state index in [9.17, 15) is 0 Å². The van der Waals surface area contributed by atoms with Gasteiger partial charge in [0.05, 0.1) is 0 Å². The molecule has 0 aliphatic heterocycles. The minimum atomic E-state index is 0.400. The molecule has 0 aliphatic rings. The Bertz CT molecular complexity index is 692. The molecule has 0 spiro atoms. The van der Waals surface area contributed by atoms with Crippen molar-refractivity contribution in [2.45, 2.75) is 6.54 Å². The maximum atomic E-state index is 5.81. The van der Waals surface area contributed by atoms with Crippen molar-refractivity contribution in [1.82, 2.24) is 9.38 Å². The van der Waals surface area contributed by atoms with E-state index in [1.165, 1.54) is 0 Å². The molecule has 2 heterocycles. The predicted octanol–water partition coefficient (Wildman–Crippen LogP) is 3.25. The Morgan fingerprint density at radius 3 is 3.11 bits per heavy atom. The van der Waals surface area contributed by atoms with Crippen LogP contribution in [-0.4, -0.2) is 9.38 Å². The van der Waals surface area contributed by atoms with E-state index in [1.807, 2.05) is 40.2 Å². The molecule has 3 aromatic rings. The number of fused-ring (bicyclic) bond motifs is 1. The van der Waals surface area contributed by atoms with Gasteiger partial charge in [0, 0.05) is 21.7 Å². The standard InChI is InChI=1S/C12H10IN3OS/c13-8-2-1-3-9(6-8)17-11-10(7-14)16-4-5-18-12(16)15-11/h1-6H,7,14H2. The van der Waals surface area contributed by atoms with Crippen LogP contribution >= 0.6 is 33.9 Å². The first-order chi connectivity index (χ1) is 8.78. The Hall–Kier alpha value is -1.12. The summed E-state index contributed by atoms with van der Waals surface area (Å²) in [7, 11) is 0. The van der Waals surface area contributed by atoms with Gasteiger partial charge in [0.25, 0.3) is 0 Å². The molecule has 0 aliphatic carbocycles. The number of nitrogens with two attached hydrogens (primary N) is 1. The van der Waals surface area contributed by atoms with Crippen molar-refractivity contribution in [2.75, 3.05) is 0 Å². The Morgan fingerprint density at radius 1 is 1.44 bits per heavy atom. The van der Waals surface area contributed by atoms with Gasteiger partial charge in [-0.3, -0.25) is 4.40 Å². The topological polar surface area (TPSA) is 52.5 Å². The molecule has 92 valence electrons. The van der Waals surface area contributed by atoms with Gasteiger partial charge < -0.3 is 10.5 Å². The van der Waals surface area contributed by atoms with Gasteiger partial charge in [-0.1, -0.05) is 6.07 Å². The largest absolute Gasteiger partial charge is 0.437 e. The fourth-order valence-electron chi connectivity index (χ4n) is 1.72. The van der Waals surface area contributed by atoms with Gasteiger partial charge in [-0.15, -0.1) is 11.3 Å². The summed E-state index contributed by atoms with van der Waals surface area (Å²) in [5, 5.41) is 1.98. The van der Waals surface area contributed by atoms with Crippen molar-refractivity contribution in [1.29, 1.82) is 0 Å². The highest BCUT2D eigenvalue weighted by atomic mass is 127. The third-order valence-electron chi connectivity index (χ3n) is 2.53. The van der Waals surface area contributed by atoms with Crippen LogP contribution in [0.3, 0.4) is 0 Å². The third kappa shape index (κ3) is 2.11. The zero-order chi connectivity index (χ0) is 12.5. The van der Waals surface area contributed by atoms with E-state index in [4.69, 9.17) is 10.5 Å². The number of rotatable bonds is 3. The third-order valence-corrected chi connectivity index (χ3v) is 3.96. The summed E-state index contributed by atoms with van der Waals surface area (Å²) in [5.74, 6) is 1.37. The number of hydrogen-bond acceptors (Lipinski definition) is 4. The molecule has 6 heteroatoms. The van der Waals surface area contributed by atoms with Crippen molar-refractivity contribution >= 4 is 38.9 Å². The summed E-state index contributed by atoms with van der Waals surface area (Å²) in [4.78, 5) is 5.34. The van der Waals surface area contributed by atoms with Crippen LogP contribution in [0.25, 0.3) is 4.96 Å². The average Bonchev–Trinajstić information content (AvgIpc) is 2.89. The summed E-state index contributed by atoms with van der Waals surface area (Å²) in [6.07, 6.45) is 1.96. The predicted molar refractivity (Wildman–Crippen MR) is 80.2 cm³/mol. The van der Waals surface area contributed by atoms with Crippen molar-refractivity contribution in [3.8, 4) is 11.6 Å². The highest BCUT2D eigenvalue weighted by Gasteiger charge is 2.13. The number of nitrogens with zero attached hydrogens (tertiary/aromatic N) is 2. The molecule has 0 atom stereocenters. The van der Waals surface area contributed by atoms with Crippen molar-refractivity contribution in [3.63, 3.8) is 0 Å². The summed E-state index contributed by atoms with van der Waals surface area (Å²) in [6, 6.07) is 7.85. The Morgan fingerprint density at radius 2 is 2.33 bits per heavy atom. The Labute approximate surface area is 122 Å². The normalized spacial score (nSPS) is 11.0. The van der Waals surface area contributed by atoms with Gasteiger partial charge in [-0.05, 0) is 40.8 Å². The second-order valence-electron chi connectivity index (χ2n) is 3.68. The van der Waals surface area contributed by atoms with Crippen LogP contribution in [-0.2, 0) is 6.54 Å². The van der Waals surface area contributed by atoms with Crippen molar-refractivity contribution in [3.05, 3.63) is 45.1 Å². The molecule has 2 N–H and O–H groups in total. The first-order valence-electron chi connectivity index (χ1n) is 5.36. The molecule has 2 aromatic heterocycles. The second-order valence-corrected chi connectivity index (χ2v) is 5.80. The van der Waals surface area contributed by atoms with Gasteiger partial charge >= 0.3 is 0 Å². The number of halogens is 1. The molecule has 0 amide bonds. The summed E-state index contributed by atoms with van der Waals surface area (Å²) in [6.45, 7) is 0.400. The second kappa shape index (κ2) is 4.87. The molecule has 0 fully saturated rings. The van der Waals surface area contributed by atoms with Crippen LogP contribution in [0.2, 0.25) is 0 Å². The van der Waals surface area contributed by atoms with Gasteiger partial charge in [-0.25, -0.2) is 0 Å². The number of benzene rings is 1. The highest BCUT2D eigenvalue weighted by Crippen LogP contribution is 2.28. The van der Waals surface area contributed by atoms with E-state index in [1.54, 1.807) is 11.3 Å². The van der Waals surface area contributed by atoms with Gasteiger partial charge in [0.1, 0.15) is 11.4 Å². The molecule has 0 radical (unpaired) electrons. The quantitative estimate of drug-likeness (QED) is 0.720. The lowest BCUT2D eigenvalue weighted by molar-refractivity contribution is 0.459. The van der Waals surface area contributed by atoms with Gasteiger partial charge in [0.2, 0.25) is 5.88 Å². The molecular weight excluding hydrogens is 361 g/mol. The Balaban J connectivity index is 2.01. The molecule has 4 nitrogen and oxygen atoms in total. The fraction of sp³-hybridized carbons (Fsp3) is 0.0833. The summed E-state index contributed by atoms with van der Waals surface area (Å²) < 4.78 is 8.91. The van der Waals surface area contributed by atoms with Gasteiger partial charge in [-0.2, -0.15) is 4.98 Å². The van der Waals surface area contributed by atoms with Crippen LogP contribution in [0.4, 0.5) is 0 Å². The number of ether oxygens (including phenoxy) is 1. The van der Waals surface area contributed by atoms with E-state index in [0.29, 0.717) is 12.4 Å². The van der Waals surface area contributed by atoms with E-state index >= 15 is 0 Å². The molecule has 0 saturated heterocycles. The smallest absolute Gasteiger partial charge is 0.243 e. The lowest BCUT2D eigenvalue weighted by Gasteiger charge is -2.04. The molecule has 18 heavy (non-hydrogen) atoms. The number of hydrogen-bond donors (Lipinski definition) is 1. The van der Waals surface area contributed by atoms with Gasteiger partial charge in [0.15, 0.2) is 4.96 Å². The molecule has 1 aromatic carbocycles. The minimum Gasteiger partial charge on any atom is -0.437 e. The van der Waals surface area contributed by atoms with E-state index in [0.717, 1.165) is 20.0 Å². The van der Waals surface area contributed by atoms with Crippen LogP contribution in [0.5, 0.6) is 11.6 Å². The summed E-state index contributed by atoms with van der Waals surface area (Å²) in [5.41, 5.74) is 6.66. The molecule has 0 saturated carbocycles. The number of thiazole rings is 1. The van der Waals surface area contributed by atoms with Crippen LogP contribution < -0.4 is 10.5 Å². The molecular formula is C12H10IN3OS. The zero-order valence-electron chi connectivity index (χ0n) is 9.34. The zero-order valence-corrected chi connectivity index (χ0v) is 12.3. The molecule has 0 unspecified atom stereocenters. The maximum Gasteiger partial charge on any atom is 0.243 e. The average molecular weight is 371 g/mol. The minimum absolute atomic E-state index is 0.400. The maximum absolute atomic E-state index is 5.81. The van der Waals surface area contributed by atoms with Crippen LogP contribution in [0.1, 0.15) is 5.69 Å². The van der Waals surface area contributed by atoms with E-state index < -0.39 is 0 Å². The van der Waals surface area contributed by atoms with Crippen LogP contribution in [0, 0.1) is 3.57 Å². The molecule has 3 rings (SSSR count). The van der Waals surface area contributed by atoms with Crippen molar-refractivity contribution < 1.29 is 4.74 Å². The SMILES string of the molecule is NCc1c(Oc2cccc(I)c2)nc2sccn12. The number of imidazole rings is 1. The molecule has 0 bridgehead atoms. The Kier molecular flexibility index (Phi) is 3.23. The first-order valence-corrected chi connectivity index (χ1v) is 7.31.